The van der Waals surface area contributed by atoms with Gasteiger partial charge < -0.3 is 4.74 Å². The molecule has 1 aromatic heterocycles. The second kappa shape index (κ2) is 6.49. The van der Waals surface area contributed by atoms with Crippen LogP contribution in [0.4, 0.5) is 0 Å². The molecule has 0 fully saturated rings. The molecule has 0 aliphatic carbocycles. The minimum Gasteiger partial charge on any atom is -0.494 e. The van der Waals surface area contributed by atoms with Crippen LogP contribution in [-0.4, -0.2) is 6.61 Å². The van der Waals surface area contributed by atoms with Crippen LogP contribution in [0.3, 0.4) is 0 Å². The topological polar surface area (TPSA) is 9.23 Å². The molecule has 0 saturated carbocycles. The summed E-state index contributed by atoms with van der Waals surface area (Å²) < 4.78 is 6.61. The number of ether oxygens (including phenoxy) is 1. The SMILES string of the molecule is CCOc1ccc(Br)cc1C(Cl)c1scc(C)c1Cl. The third kappa shape index (κ3) is 3.27. The highest BCUT2D eigenvalue weighted by Crippen LogP contribution is 2.43. The number of hydrogen-bond donors (Lipinski definition) is 0. The van der Waals surface area contributed by atoms with Gasteiger partial charge >= 0.3 is 0 Å². The summed E-state index contributed by atoms with van der Waals surface area (Å²) in [6.45, 7) is 4.54. The molecule has 0 aliphatic rings. The zero-order valence-corrected chi connectivity index (χ0v) is 14.5. The first-order chi connectivity index (χ1) is 9.04. The molecule has 1 aromatic carbocycles. The highest BCUT2D eigenvalue weighted by atomic mass is 79.9. The van der Waals surface area contributed by atoms with Crippen LogP contribution in [0.25, 0.3) is 0 Å². The zero-order chi connectivity index (χ0) is 14.0. The standard InChI is InChI=1S/C14H13BrCl2OS/c1-3-18-11-5-4-9(15)6-10(11)13(17)14-12(16)8(2)7-19-14/h4-7,13H,3H2,1-2H3. The Morgan fingerprint density at radius 2 is 2.16 bits per heavy atom. The lowest BCUT2D eigenvalue weighted by Crippen LogP contribution is -1.99. The molecule has 0 N–H and O–H groups in total. The number of alkyl halides is 1. The van der Waals surface area contributed by atoms with E-state index in [0.29, 0.717) is 6.61 Å². The Morgan fingerprint density at radius 1 is 1.42 bits per heavy atom. The third-order valence-corrected chi connectivity index (χ3v) is 5.55. The Labute approximate surface area is 135 Å². The molecule has 1 heterocycles. The van der Waals surface area contributed by atoms with E-state index in [-0.39, 0.29) is 5.38 Å². The van der Waals surface area contributed by atoms with Gasteiger partial charge in [0.15, 0.2) is 0 Å². The fraction of sp³-hybridized carbons (Fsp3) is 0.286. The van der Waals surface area contributed by atoms with Gasteiger partial charge in [0.2, 0.25) is 0 Å². The molecule has 5 heteroatoms. The number of hydrogen-bond acceptors (Lipinski definition) is 2. The molecule has 0 spiro atoms. The predicted octanol–water partition coefficient (Wildman–Crippen LogP) is 6.20. The molecular weight excluding hydrogens is 367 g/mol. The van der Waals surface area contributed by atoms with Crippen LogP contribution in [0.1, 0.15) is 28.3 Å². The Morgan fingerprint density at radius 3 is 2.74 bits per heavy atom. The van der Waals surface area contributed by atoms with Gasteiger partial charge in [0.05, 0.1) is 17.0 Å². The van der Waals surface area contributed by atoms with Gasteiger partial charge in [0.25, 0.3) is 0 Å². The fourth-order valence-electron chi connectivity index (χ4n) is 1.77. The summed E-state index contributed by atoms with van der Waals surface area (Å²) in [4.78, 5) is 0.958. The molecular formula is C14H13BrCl2OS. The van der Waals surface area contributed by atoms with E-state index in [1.165, 1.54) is 0 Å². The van der Waals surface area contributed by atoms with Gasteiger partial charge in [-0.15, -0.1) is 22.9 Å². The summed E-state index contributed by atoms with van der Waals surface area (Å²) in [5, 5.41) is 2.46. The smallest absolute Gasteiger partial charge is 0.124 e. The first-order valence-electron chi connectivity index (χ1n) is 5.84. The molecule has 19 heavy (non-hydrogen) atoms. The van der Waals surface area contributed by atoms with Crippen molar-refractivity contribution in [2.75, 3.05) is 6.61 Å². The van der Waals surface area contributed by atoms with E-state index in [1.54, 1.807) is 11.3 Å². The lowest BCUT2D eigenvalue weighted by atomic mass is 10.1. The molecule has 0 saturated heterocycles. The maximum Gasteiger partial charge on any atom is 0.124 e. The van der Waals surface area contributed by atoms with E-state index < -0.39 is 0 Å². The van der Waals surface area contributed by atoms with Crippen LogP contribution in [0.5, 0.6) is 5.75 Å². The van der Waals surface area contributed by atoms with Crippen LogP contribution < -0.4 is 4.74 Å². The summed E-state index contributed by atoms with van der Waals surface area (Å²) in [5.74, 6) is 0.799. The van der Waals surface area contributed by atoms with Crippen LogP contribution >= 0.6 is 50.5 Å². The molecule has 2 aromatic rings. The van der Waals surface area contributed by atoms with Crippen molar-refractivity contribution in [2.24, 2.45) is 0 Å². The van der Waals surface area contributed by atoms with Crippen molar-refractivity contribution in [1.29, 1.82) is 0 Å². The normalized spacial score (nSPS) is 12.5. The minimum absolute atomic E-state index is 0.301. The van der Waals surface area contributed by atoms with Crippen molar-refractivity contribution in [1.82, 2.24) is 0 Å². The molecule has 0 aliphatic heterocycles. The number of rotatable bonds is 4. The van der Waals surface area contributed by atoms with Crippen molar-refractivity contribution >= 4 is 50.5 Å². The number of halogens is 3. The summed E-state index contributed by atoms with van der Waals surface area (Å²) in [6.07, 6.45) is 0. The van der Waals surface area contributed by atoms with Gasteiger partial charge in [-0.1, -0.05) is 27.5 Å². The van der Waals surface area contributed by atoms with Gasteiger partial charge in [-0.05, 0) is 43.0 Å². The van der Waals surface area contributed by atoms with Crippen molar-refractivity contribution in [3.8, 4) is 5.75 Å². The molecule has 1 atom stereocenters. The maximum absolute atomic E-state index is 6.59. The van der Waals surface area contributed by atoms with Crippen molar-refractivity contribution in [2.45, 2.75) is 19.2 Å². The minimum atomic E-state index is -0.301. The van der Waals surface area contributed by atoms with E-state index in [2.05, 4.69) is 15.9 Å². The molecule has 0 radical (unpaired) electrons. The molecule has 1 nitrogen and oxygen atoms in total. The maximum atomic E-state index is 6.59. The summed E-state index contributed by atoms with van der Waals surface area (Å²) in [6, 6.07) is 5.85. The van der Waals surface area contributed by atoms with E-state index in [4.69, 9.17) is 27.9 Å². The zero-order valence-electron chi connectivity index (χ0n) is 10.5. The van der Waals surface area contributed by atoms with Crippen LogP contribution in [0, 0.1) is 6.92 Å². The average Bonchev–Trinajstić information content (AvgIpc) is 2.72. The second-order valence-electron chi connectivity index (χ2n) is 4.07. The quantitative estimate of drug-likeness (QED) is 0.574. The number of thiophene rings is 1. The van der Waals surface area contributed by atoms with Gasteiger partial charge in [0, 0.05) is 14.9 Å². The van der Waals surface area contributed by atoms with Gasteiger partial charge in [-0.2, -0.15) is 0 Å². The number of aryl methyl sites for hydroxylation is 1. The largest absolute Gasteiger partial charge is 0.494 e. The highest BCUT2D eigenvalue weighted by Gasteiger charge is 2.21. The monoisotopic (exact) mass is 378 g/mol. The summed E-state index contributed by atoms with van der Waals surface area (Å²) >= 11 is 17.9. The van der Waals surface area contributed by atoms with E-state index in [1.807, 2.05) is 37.4 Å². The fourth-order valence-corrected chi connectivity index (χ4v) is 3.93. The highest BCUT2D eigenvalue weighted by molar-refractivity contribution is 9.10. The summed E-state index contributed by atoms with van der Waals surface area (Å²) in [5.41, 5.74) is 1.99. The third-order valence-electron chi connectivity index (χ3n) is 2.70. The van der Waals surface area contributed by atoms with Gasteiger partial charge in [0.1, 0.15) is 5.75 Å². The molecule has 2 rings (SSSR count). The lowest BCUT2D eigenvalue weighted by Gasteiger charge is -2.15. The van der Waals surface area contributed by atoms with Crippen LogP contribution in [0.2, 0.25) is 5.02 Å². The predicted molar refractivity (Wildman–Crippen MR) is 87.1 cm³/mol. The molecule has 0 amide bonds. The lowest BCUT2D eigenvalue weighted by molar-refractivity contribution is 0.337. The summed E-state index contributed by atoms with van der Waals surface area (Å²) in [7, 11) is 0. The Bertz CT molecular complexity index is 583. The van der Waals surface area contributed by atoms with Crippen molar-refractivity contribution in [3.63, 3.8) is 0 Å². The van der Waals surface area contributed by atoms with E-state index in [0.717, 1.165) is 31.2 Å². The molecule has 0 bridgehead atoms. The Balaban J connectivity index is 2.45. The Hall–Kier alpha value is -0.220. The van der Waals surface area contributed by atoms with E-state index in [9.17, 15) is 0 Å². The van der Waals surface area contributed by atoms with Crippen LogP contribution in [0.15, 0.2) is 28.1 Å². The van der Waals surface area contributed by atoms with Crippen LogP contribution in [-0.2, 0) is 0 Å². The van der Waals surface area contributed by atoms with Crippen molar-refractivity contribution < 1.29 is 4.74 Å². The van der Waals surface area contributed by atoms with Gasteiger partial charge in [-0.25, -0.2) is 0 Å². The number of benzene rings is 1. The first kappa shape index (κ1) is 15.2. The Kier molecular flexibility index (Phi) is 5.18. The average molecular weight is 380 g/mol. The molecule has 1 unspecified atom stereocenters. The van der Waals surface area contributed by atoms with E-state index >= 15 is 0 Å². The van der Waals surface area contributed by atoms with Gasteiger partial charge in [-0.3, -0.25) is 0 Å². The molecule has 102 valence electrons. The first-order valence-corrected chi connectivity index (χ1v) is 8.33. The van der Waals surface area contributed by atoms with Crippen molar-refractivity contribution in [3.05, 3.63) is 49.1 Å². The second-order valence-corrected chi connectivity index (χ2v) is 6.72.